The van der Waals surface area contributed by atoms with E-state index >= 15 is 0 Å². The van der Waals surface area contributed by atoms with Crippen molar-refractivity contribution in [3.05, 3.63) is 0 Å². The minimum atomic E-state index is -0.215. The van der Waals surface area contributed by atoms with E-state index in [0.29, 0.717) is 12.1 Å². The van der Waals surface area contributed by atoms with E-state index in [4.69, 9.17) is 4.74 Å². The van der Waals surface area contributed by atoms with Gasteiger partial charge in [-0.05, 0) is 34.2 Å². The normalized spacial score (nSPS) is 17.2. The Balaban J connectivity index is 4.19. The van der Waals surface area contributed by atoms with Gasteiger partial charge in [-0.25, -0.2) is 0 Å². The van der Waals surface area contributed by atoms with E-state index < -0.39 is 0 Å². The lowest BCUT2D eigenvalue weighted by molar-refractivity contribution is 0.0869. The van der Waals surface area contributed by atoms with E-state index in [1.165, 1.54) is 0 Å². The number of hydrogen-bond donors (Lipinski definition) is 2. The van der Waals surface area contributed by atoms with Gasteiger partial charge in [0.2, 0.25) is 0 Å². The maximum Gasteiger partial charge on any atom is 0.0611 e. The molecule has 0 saturated heterocycles. The van der Waals surface area contributed by atoms with E-state index in [-0.39, 0.29) is 12.1 Å². The van der Waals surface area contributed by atoms with Crippen molar-refractivity contribution in [1.82, 2.24) is 10.2 Å². The Morgan fingerprint density at radius 3 is 2.39 bits per heavy atom. The number of nitrogens with zero attached hydrogens (tertiary/aromatic N) is 1. The van der Waals surface area contributed by atoms with Gasteiger partial charge >= 0.3 is 0 Å². The van der Waals surface area contributed by atoms with Crippen molar-refractivity contribution in [3.8, 4) is 0 Å². The average molecular weight is 260 g/mol. The predicted molar refractivity (Wildman–Crippen MR) is 77.0 cm³/mol. The summed E-state index contributed by atoms with van der Waals surface area (Å²) < 4.78 is 5.37. The first kappa shape index (κ1) is 17.8. The molecule has 0 aromatic carbocycles. The highest BCUT2D eigenvalue weighted by atomic mass is 16.5. The van der Waals surface area contributed by atoms with Gasteiger partial charge < -0.3 is 20.1 Å². The van der Waals surface area contributed by atoms with Crippen LogP contribution in [0.1, 0.15) is 41.0 Å². The van der Waals surface area contributed by atoms with Crippen LogP contribution in [0.5, 0.6) is 0 Å². The fourth-order valence-corrected chi connectivity index (χ4v) is 2.25. The molecule has 0 aromatic rings. The first-order valence-corrected chi connectivity index (χ1v) is 7.01. The fraction of sp³-hybridized carbons (Fsp3) is 1.00. The highest BCUT2D eigenvalue weighted by Gasteiger charge is 2.27. The van der Waals surface area contributed by atoms with Crippen molar-refractivity contribution in [2.45, 2.75) is 58.7 Å². The molecule has 0 rings (SSSR count). The molecule has 4 heteroatoms. The fourth-order valence-electron chi connectivity index (χ4n) is 2.25. The Bertz CT molecular complexity index is 212. The van der Waals surface area contributed by atoms with E-state index in [2.05, 4.69) is 45.0 Å². The van der Waals surface area contributed by atoms with E-state index in [1.807, 2.05) is 6.92 Å². The Kier molecular flexibility index (Phi) is 8.78. The van der Waals surface area contributed by atoms with E-state index in [1.54, 1.807) is 0 Å². The third-order valence-corrected chi connectivity index (χ3v) is 3.28. The minimum Gasteiger partial charge on any atom is -0.394 e. The minimum absolute atomic E-state index is 0.162. The quantitative estimate of drug-likeness (QED) is 0.584. The summed E-state index contributed by atoms with van der Waals surface area (Å²) in [6, 6.07) is 0.789. The van der Waals surface area contributed by atoms with Gasteiger partial charge in [0.25, 0.3) is 0 Å². The molecular weight excluding hydrogens is 228 g/mol. The summed E-state index contributed by atoms with van der Waals surface area (Å²) in [6.45, 7) is 13.1. The zero-order valence-corrected chi connectivity index (χ0v) is 13.0. The second-order valence-electron chi connectivity index (χ2n) is 5.75. The van der Waals surface area contributed by atoms with Gasteiger partial charge in [-0.1, -0.05) is 13.8 Å². The molecule has 2 N–H and O–H groups in total. The van der Waals surface area contributed by atoms with Crippen LogP contribution >= 0.6 is 0 Å². The van der Waals surface area contributed by atoms with Gasteiger partial charge in [0, 0.05) is 30.8 Å². The molecule has 0 radical (unpaired) electrons. The number of aliphatic hydroxyl groups excluding tert-OH is 1. The van der Waals surface area contributed by atoms with Gasteiger partial charge in [0.1, 0.15) is 0 Å². The van der Waals surface area contributed by atoms with Crippen LogP contribution in [0.15, 0.2) is 0 Å². The monoisotopic (exact) mass is 260 g/mol. The Morgan fingerprint density at radius 2 is 1.94 bits per heavy atom. The SMILES string of the molecule is CCOCCN(C)C(C)CC(C)(CO)NC(C)C. The van der Waals surface area contributed by atoms with Crippen molar-refractivity contribution in [2.75, 3.05) is 33.4 Å². The summed E-state index contributed by atoms with van der Waals surface area (Å²) >= 11 is 0. The molecule has 0 aliphatic rings. The lowest BCUT2D eigenvalue weighted by atomic mass is 9.93. The van der Waals surface area contributed by atoms with Crippen molar-refractivity contribution < 1.29 is 9.84 Å². The summed E-state index contributed by atoms with van der Waals surface area (Å²) in [4.78, 5) is 2.28. The maximum absolute atomic E-state index is 9.57. The number of nitrogens with one attached hydrogen (secondary N) is 1. The second-order valence-corrected chi connectivity index (χ2v) is 5.75. The van der Waals surface area contributed by atoms with Crippen LogP contribution in [0.25, 0.3) is 0 Å². The van der Waals surface area contributed by atoms with Crippen LogP contribution < -0.4 is 5.32 Å². The first-order chi connectivity index (χ1) is 8.34. The highest BCUT2D eigenvalue weighted by molar-refractivity contribution is 4.87. The summed E-state index contributed by atoms with van der Waals surface area (Å²) in [6.07, 6.45) is 0.921. The van der Waals surface area contributed by atoms with Crippen LogP contribution in [0.4, 0.5) is 0 Å². The lowest BCUT2D eigenvalue weighted by Crippen LogP contribution is -2.52. The molecule has 0 heterocycles. The van der Waals surface area contributed by atoms with Crippen molar-refractivity contribution in [1.29, 1.82) is 0 Å². The van der Waals surface area contributed by atoms with Gasteiger partial charge in [-0.2, -0.15) is 0 Å². The zero-order valence-electron chi connectivity index (χ0n) is 13.0. The lowest BCUT2D eigenvalue weighted by Gasteiger charge is -2.36. The van der Waals surface area contributed by atoms with Crippen LogP contribution in [-0.4, -0.2) is 61.0 Å². The predicted octanol–water partition coefficient (Wildman–Crippen LogP) is 1.48. The molecule has 0 fully saturated rings. The molecule has 0 amide bonds. The molecular formula is C14H32N2O2. The molecule has 0 saturated carbocycles. The summed E-state index contributed by atoms with van der Waals surface area (Å²) in [5, 5.41) is 13.0. The Labute approximate surface area is 113 Å². The van der Waals surface area contributed by atoms with Gasteiger partial charge in [0.15, 0.2) is 0 Å². The van der Waals surface area contributed by atoms with Crippen LogP contribution in [-0.2, 0) is 4.74 Å². The van der Waals surface area contributed by atoms with Gasteiger partial charge in [-0.3, -0.25) is 0 Å². The van der Waals surface area contributed by atoms with Crippen molar-refractivity contribution >= 4 is 0 Å². The number of ether oxygens (including phenoxy) is 1. The Hall–Kier alpha value is -0.160. The third-order valence-electron chi connectivity index (χ3n) is 3.28. The van der Waals surface area contributed by atoms with Crippen molar-refractivity contribution in [2.24, 2.45) is 0 Å². The van der Waals surface area contributed by atoms with E-state index in [0.717, 1.165) is 26.2 Å². The molecule has 0 bridgehead atoms. The van der Waals surface area contributed by atoms with E-state index in [9.17, 15) is 5.11 Å². The summed E-state index contributed by atoms with van der Waals surface area (Å²) in [5.41, 5.74) is -0.215. The van der Waals surface area contributed by atoms with Crippen LogP contribution in [0.2, 0.25) is 0 Å². The summed E-state index contributed by atoms with van der Waals surface area (Å²) in [5.74, 6) is 0. The largest absolute Gasteiger partial charge is 0.394 e. The van der Waals surface area contributed by atoms with Crippen LogP contribution in [0, 0.1) is 0 Å². The standard InChI is InChI=1S/C14H32N2O2/c1-7-18-9-8-16(6)13(4)10-14(5,11-17)15-12(2)3/h12-13,15,17H,7-11H2,1-6H3. The second kappa shape index (κ2) is 8.86. The zero-order chi connectivity index (χ0) is 14.2. The molecule has 0 spiro atoms. The third kappa shape index (κ3) is 7.31. The van der Waals surface area contributed by atoms with Crippen LogP contribution in [0.3, 0.4) is 0 Å². The average Bonchev–Trinajstić information content (AvgIpc) is 2.28. The molecule has 0 aliphatic carbocycles. The topological polar surface area (TPSA) is 44.7 Å². The highest BCUT2D eigenvalue weighted by Crippen LogP contribution is 2.16. The summed E-state index contributed by atoms with van der Waals surface area (Å²) in [7, 11) is 2.11. The molecule has 2 unspecified atom stereocenters. The van der Waals surface area contributed by atoms with Gasteiger partial charge in [0.05, 0.1) is 13.2 Å². The number of hydrogen-bond acceptors (Lipinski definition) is 4. The van der Waals surface area contributed by atoms with Crippen molar-refractivity contribution in [3.63, 3.8) is 0 Å². The Morgan fingerprint density at radius 1 is 1.33 bits per heavy atom. The number of rotatable bonds is 10. The number of likely N-dealkylation sites (N-methyl/N-ethyl adjacent to an activating group) is 1. The maximum atomic E-state index is 9.57. The molecule has 2 atom stereocenters. The molecule has 110 valence electrons. The molecule has 18 heavy (non-hydrogen) atoms. The first-order valence-electron chi connectivity index (χ1n) is 7.01. The van der Waals surface area contributed by atoms with Gasteiger partial charge in [-0.15, -0.1) is 0 Å². The number of aliphatic hydroxyl groups is 1. The molecule has 0 aliphatic heterocycles. The molecule has 0 aromatic heterocycles. The molecule has 4 nitrogen and oxygen atoms in total. The smallest absolute Gasteiger partial charge is 0.0611 e.